The minimum absolute atomic E-state index is 0.0531. The number of nitrogen functional groups attached to an aromatic ring is 2. The number of nitrogens with two attached hydrogens (primary N) is 2. The van der Waals surface area contributed by atoms with Crippen LogP contribution in [0, 0.1) is 22.9 Å². The summed E-state index contributed by atoms with van der Waals surface area (Å²) in [6.07, 6.45) is 0. The molecule has 0 atom stereocenters. The lowest BCUT2D eigenvalue weighted by atomic mass is 10.2. The van der Waals surface area contributed by atoms with E-state index in [4.69, 9.17) is 16.3 Å². The summed E-state index contributed by atoms with van der Waals surface area (Å²) in [4.78, 5) is 17.5. The molecule has 0 bridgehead atoms. The lowest BCUT2D eigenvalue weighted by Crippen LogP contribution is -2.10. The van der Waals surface area contributed by atoms with Crippen molar-refractivity contribution in [2.45, 2.75) is 6.92 Å². The molecule has 0 fully saturated rings. The second kappa shape index (κ2) is 5.54. The normalized spacial score (nSPS) is 10.2. The lowest BCUT2D eigenvalue weighted by Gasteiger charge is -2.09. The molecule has 9 nitrogen and oxygen atoms in total. The quantitative estimate of drug-likeness (QED) is 0.437. The number of anilines is 2. The van der Waals surface area contributed by atoms with Crippen LogP contribution in [0.1, 0.15) is 5.56 Å². The van der Waals surface area contributed by atoms with E-state index in [2.05, 4.69) is 15.4 Å². The van der Waals surface area contributed by atoms with Gasteiger partial charge in [-0.05, 0) is 13.0 Å². The zero-order chi connectivity index (χ0) is 15.6. The number of ether oxygens (including phenoxy) is 1. The SMILES string of the molecule is Cc1cc(Oc2cc(NN)nc(N)n2)c(F)cc1[N+](=O)[O-]. The number of nitro benzene ring substituents is 1. The Balaban J connectivity index is 2.38. The Labute approximate surface area is 117 Å². The van der Waals surface area contributed by atoms with Gasteiger partial charge in [-0.2, -0.15) is 9.97 Å². The van der Waals surface area contributed by atoms with E-state index in [0.29, 0.717) is 0 Å². The Morgan fingerprint density at radius 1 is 1.38 bits per heavy atom. The fourth-order valence-electron chi connectivity index (χ4n) is 1.60. The first-order valence-corrected chi connectivity index (χ1v) is 5.64. The third-order valence-electron chi connectivity index (χ3n) is 2.53. The summed E-state index contributed by atoms with van der Waals surface area (Å²) in [6, 6.07) is 3.27. The number of benzene rings is 1. The predicted molar refractivity (Wildman–Crippen MR) is 72.1 cm³/mol. The summed E-state index contributed by atoms with van der Waals surface area (Å²) in [5, 5.41) is 10.7. The van der Waals surface area contributed by atoms with Gasteiger partial charge in [0.15, 0.2) is 11.6 Å². The molecule has 0 spiro atoms. The van der Waals surface area contributed by atoms with Crippen LogP contribution in [0.15, 0.2) is 18.2 Å². The number of nitrogens with one attached hydrogen (secondary N) is 1. The van der Waals surface area contributed by atoms with Crippen LogP contribution in [0.2, 0.25) is 0 Å². The van der Waals surface area contributed by atoms with Crippen molar-refractivity contribution < 1.29 is 14.1 Å². The zero-order valence-corrected chi connectivity index (χ0v) is 10.8. The molecule has 5 N–H and O–H groups in total. The van der Waals surface area contributed by atoms with E-state index < -0.39 is 10.7 Å². The van der Waals surface area contributed by atoms with Gasteiger partial charge in [-0.15, -0.1) is 0 Å². The van der Waals surface area contributed by atoms with Crippen molar-refractivity contribution in [3.8, 4) is 11.6 Å². The summed E-state index contributed by atoms with van der Waals surface area (Å²) < 4.78 is 19.0. The van der Waals surface area contributed by atoms with Crippen molar-refractivity contribution in [2.24, 2.45) is 5.84 Å². The van der Waals surface area contributed by atoms with E-state index in [1.807, 2.05) is 0 Å². The largest absolute Gasteiger partial charge is 0.436 e. The molecule has 0 saturated heterocycles. The first kappa shape index (κ1) is 14.4. The fourth-order valence-corrected chi connectivity index (χ4v) is 1.60. The van der Waals surface area contributed by atoms with Crippen LogP contribution in [0.4, 0.5) is 21.8 Å². The third-order valence-corrected chi connectivity index (χ3v) is 2.53. The maximum absolute atomic E-state index is 13.8. The number of halogens is 1. The number of aromatic nitrogens is 2. The highest BCUT2D eigenvalue weighted by atomic mass is 19.1. The van der Waals surface area contributed by atoms with Crippen LogP contribution in [0.3, 0.4) is 0 Å². The van der Waals surface area contributed by atoms with Gasteiger partial charge >= 0.3 is 0 Å². The molecule has 0 amide bonds. The first-order chi connectivity index (χ1) is 9.90. The lowest BCUT2D eigenvalue weighted by molar-refractivity contribution is -0.385. The number of hydrogen-bond donors (Lipinski definition) is 3. The van der Waals surface area contributed by atoms with Gasteiger partial charge in [-0.3, -0.25) is 10.1 Å². The molecule has 2 rings (SSSR count). The summed E-state index contributed by atoms with van der Waals surface area (Å²) in [5.74, 6) is 4.07. The predicted octanol–water partition coefficient (Wildman–Crippen LogP) is 1.49. The van der Waals surface area contributed by atoms with Crippen LogP contribution >= 0.6 is 0 Å². The molecule has 21 heavy (non-hydrogen) atoms. The van der Waals surface area contributed by atoms with Gasteiger partial charge < -0.3 is 15.9 Å². The molecule has 1 aromatic heterocycles. The van der Waals surface area contributed by atoms with E-state index in [1.54, 1.807) is 0 Å². The number of rotatable bonds is 4. The Bertz CT molecular complexity index is 709. The van der Waals surface area contributed by atoms with E-state index in [1.165, 1.54) is 19.1 Å². The molecule has 0 aliphatic rings. The Morgan fingerprint density at radius 3 is 2.71 bits per heavy atom. The van der Waals surface area contributed by atoms with Crippen molar-refractivity contribution in [1.82, 2.24) is 9.97 Å². The molecule has 2 aromatic rings. The molecule has 1 heterocycles. The average Bonchev–Trinajstić information content (AvgIpc) is 2.41. The number of hydrogen-bond acceptors (Lipinski definition) is 8. The Morgan fingerprint density at radius 2 is 2.10 bits per heavy atom. The second-order valence-electron chi connectivity index (χ2n) is 4.02. The van der Waals surface area contributed by atoms with Gasteiger partial charge in [0.25, 0.3) is 5.69 Å². The average molecular weight is 294 g/mol. The topological polar surface area (TPSA) is 142 Å². The minimum Gasteiger partial charge on any atom is -0.436 e. The summed E-state index contributed by atoms with van der Waals surface area (Å²) in [5.41, 5.74) is 7.59. The minimum atomic E-state index is -0.897. The van der Waals surface area contributed by atoms with Crippen LogP contribution in [0.5, 0.6) is 11.6 Å². The van der Waals surface area contributed by atoms with Crippen molar-refractivity contribution >= 4 is 17.5 Å². The molecule has 110 valence electrons. The summed E-state index contributed by atoms with van der Waals surface area (Å²) in [7, 11) is 0. The molecule has 1 aromatic carbocycles. The molecule has 0 aliphatic carbocycles. The van der Waals surface area contributed by atoms with Crippen LogP contribution in [-0.2, 0) is 0 Å². The monoisotopic (exact) mass is 294 g/mol. The van der Waals surface area contributed by atoms with E-state index in [0.717, 1.165) is 6.07 Å². The molecular formula is C11H11FN6O3. The Kier molecular flexibility index (Phi) is 3.80. The smallest absolute Gasteiger partial charge is 0.275 e. The van der Waals surface area contributed by atoms with E-state index >= 15 is 0 Å². The second-order valence-corrected chi connectivity index (χ2v) is 4.02. The van der Waals surface area contributed by atoms with Gasteiger partial charge in [0.2, 0.25) is 11.8 Å². The maximum atomic E-state index is 13.8. The van der Waals surface area contributed by atoms with Gasteiger partial charge in [0.05, 0.1) is 11.0 Å². The number of hydrazine groups is 1. The highest BCUT2D eigenvalue weighted by Gasteiger charge is 2.17. The maximum Gasteiger partial charge on any atom is 0.275 e. The van der Waals surface area contributed by atoms with Crippen molar-refractivity contribution in [2.75, 3.05) is 11.2 Å². The highest BCUT2D eigenvalue weighted by Crippen LogP contribution is 2.30. The van der Waals surface area contributed by atoms with Gasteiger partial charge in [-0.25, -0.2) is 10.2 Å². The number of nitro groups is 1. The number of nitrogens with zero attached hydrogens (tertiary/aromatic N) is 3. The van der Waals surface area contributed by atoms with Crippen LogP contribution < -0.4 is 21.7 Å². The third kappa shape index (κ3) is 3.12. The highest BCUT2D eigenvalue weighted by molar-refractivity contribution is 5.48. The molecule has 0 aliphatic heterocycles. The van der Waals surface area contributed by atoms with Crippen molar-refractivity contribution in [1.29, 1.82) is 0 Å². The Hall–Kier alpha value is -3.01. The van der Waals surface area contributed by atoms with Gasteiger partial charge in [0, 0.05) is 11.6 Å². The zero-order valence-electron chi connectivity index (χ0n) is 10.8. The van der Waals surface area contributed by atoms with Crippen molar-refractivity contribution in [3.63, 3.8) is 0 Å². The molecule has 0 saturated carbocycles. The molecule has 0 radical (unpaired) electrons. The van der Waals surface area contributed by atoms with Crippen LogP contribution in [0.25, 0.3) is 0 Å². The molecular weight excluding hydrogens is 283 g/mol. The summed E-state index contributed by atoms with van der Waals surface area (Å²) >= 11 is 0. The first-order valence-electron chi connectivity index (χ1n) is 5.64. The molecule has 0 unspecified atom stereocenters. The van der Waals surface area contributed by atoms with E-state index in [9.17, 15) is 14.5 Å². The number of aryl methyl sites for hydroxylation is 1. The van der Waals surface area contributed by atoms with E-state index in [-0.39, 0.29) is 34.6 Å². The van der Waals surface area contributed by atoms with Gasteiger partial charge in [0.1, 0.15) is 5.82 Å². The van der Waals surface area contributed by atoms with Gasteiger partial charge in [-0.1, -0.05) is 0 Å². The van der Waals surface area contributed by atoms with Crippen LogP contribution in [-0.4, -0.2) is 14.9 Å². The molecule has 10 heteroatoms. The van der Waals surface area contributed by atoms with Crippen molar-refractivity contribution in [3.05, 3.63) is 39.7 Å². The standard InChI is InChI=1S/C11H11FN6O3/c1-5-2-8(6(12)3-7(5)18(19)20)21-10-4-9(17-14)15-11(13)16-10/h2-4H,14H2,1H3,(H3,13,15,16,17). The fraction of sp³-hybridized carbons (Fsp3) is 0.0909. The summed E-state index contributed by atoms with van der Waals surface area (Å²) in [6.45, 7) is 1.46.